The summed E-state index contributed by atoms with van der Waals surface area (Å²) in [6, 6.07) is 6.66. The monoisotopic (exact) mass is 398 g/mol. The second-order valence-corrected chi connectivity index (χ2v) is 7.98. The number of rotatable bonds is 13. The topological polar surface area (TPSA) is 27.7 Å². The van der Waals surface area contributed by atoms with Gasteiger partial charge in [0, 0.05) is 55.1 Å². The molecule has 1 aliphatic rings. The number of hydrogen-bond donors (Lipinski definition) is 1. The van der Waals surface area contributed by atoms with Gasteiger partial charge in [-0.2, -0.15) is 0 Å². The summed E-state index contributed by atoms with van der Waals surface area (Å²) in [5.41, 5.74) is 4.89. The van der Waals surface area contributed by atoms with Crippen LogP contribution in [0.25, 0.3) is 5.57 Å². The first-order chi connectivity index (χ1) is 14.1. The van der Waals surface area contributed by atoms with E-state index in [1.54, 1.807) is 7.11 Å². The van der Waals surface area contributed by atoms with Crippen LogP contribution in [0.2, 0.25) is 0 Å². The van der Waals surface area contributed by atoms with Crippen molar-refractivity contribution < 1.29 is 4.74 Å². The van der Waals surface area contributed by atoms with Crippen LogP contribution in [0.3, 0.4) is 0 Å². The highest BCUT2D eigenvalue weighted by atomic mass is 16.5. The maximum Gasteiger partial charge on any atom is 0.126 e. The summed E-state index contributed by atoms with van der Waals surface area (Å²) < 4.78 is 5.75. The zero-order valence-electron chi connectivity index (χ0n) is 19.1. The normalized spacial score (nSPS) is 13.9. The molecule has 0 amide bonds. The molecule has 0 atom stereocenters. The van der Waals surface area contributed by atoms with E-state index in [2.05, 4.69) is 79.8 Å². The Hall–Kier alpha value is -1.94. The van der Waals surface area contributed by atoms with Gasteiger partial charge in [0.1, 0.15) is 5.75 Å². The number of anilines is 1. The first-order valence-electron chi connectivity index (χ1n) is 11.2. The summed E-state index contributed by atoms with van der Waals surface area (Å²) in [4.78, 5) is 4.73. The Morgan fingerprint density at radius 2 is 1.76 bits per heavy atom. The summed E-state index contributed by atoms with van der Waals surface area (Å²) in [7, 11) is 5.98. The van der Waals surface area contributed by atoms with E-state index >= 15 is 0 Å². The van der Waals surface area contributed by atoms with E-state index in [-0.39, 0.29) is 0 Å². The molecule has 2 rings (SSSR count). The maximum absolute atomic E-state index is 5.75. The zero-order valence-corrected chi connectivity index (χ0v) is 19.1. The molecule has 0 aliphatic heterocycles. The molecule has 1 N–H and O–H groups in total. The molecule has 1 aromatic rings. The fourth-order valence-electron chi connectivity index (χ4n) is 3.56. The molecular weight excluding hydrogens is 358 g/mol. The molecule has 0 bridgehead atoms. The van der Waals surface area contributed by atoms with E-state index < -0.39 is 0 Å². The zero-order chi connectivity index (χ0) is 21.1. The van der Waals surface area contributed by atoms with Gasteiger partial charge in [0.2, 0.25) is 0 Å². The molecule has 0 heterocycles. The van der Waals surface area contributed by atoms with Gasteiger partial charge in [0.05, 0.1) is 7.11 Å². The molecular formula is C25H40N3O. The maximum atomic E-state index is 5.75. The second kappa shape index (κ2) is 12.6. The van der Waals surface area contributed by atoms with Crippen molar-refractivity contribution >= 4 is 11.3 Å². The Bertz CT molecular complexity index is 671. The molecule has 29 heavy (non-hydrogen) atoms. The number of nitrogens with one attached hydrogen (secondary N) is 1. The highest BCUT2D eigenvalue weighted by Crippen LogP contribution is 2.35. The van der Waals surface area contributed by atoms with Gasteiger partial charge in [-0.1, -0.05) is 38.8 Å². The van der Waals surface area contributed by atoms with Crippen LogP contribution in [0.5, 0.6) is 5.75 Å². The van der Waals surface area contributed by atoms with Gasteiger partial charge in [-0.25, -0.2) is 0 Å². The lowest BCUT2D eigenvalue weighted by molar-refractivity contribution is 0.408. The van der Waals surface area contributed by atoms with Gasteiger partial charge in [-0.3, -0.25) is 0 Å². The number of hydrogen-bond acceptors (Lipinski definition) is 4. The van der Waals surface area contributed by atoms with Crippen molar-refractivity contribution in [1.29, 1.82) is 0 Å². The molecule has 1 aromatic carbocycles. The summed E-state index contributed by atoms with van der Waals surface area (Å²) in [6.07, 6.45) is 12.6. The van der Waals surface area contributed by atoms with Crippen LogP contribution < -0.4 is 15.0 Å². The number of nitrogens with zero attached hydrogens (tertiary/aromatic N) is 2. The minimum atomic E-state index is 0.928. The van der Waals surface area contributed by atoms with Crippen LogP contribution in [0.4, 0.5) is 5.69 Å². The van der Waals surface area contributed by atoms with Crippen molar-refractivity contribution in [3.8, 4) is 5.75 Å². The molecule has 4 heteroatoms. The Labute approximate surface area is 178 Å². The number of unbranched alkanes of at least 4 members (excludes halogenated alkanes) is 2. The van der Waals surface area contributed by atoms with E-state index in [1.807, 2.05) is 0 Å². The Balaban J connectivity index is 2.36. The predicted molar refractivity (Wildman–Crippen MR) is 127 cm³/mol. The average molecular weight is 399 g/mol. The molecule has 1 radical (unpaired) electrons. The van der Waals surface area contributed by atoms with Gasteiger partial charge < -0.3 is 19.9 Å². The fourth-order valence-corrected chi connectivity index (χ4v) is 3.56. The molecule has 0 spiro atoms. The standard InChI is InChI=1S/C25H40N3O/c1-6-8-17-28(18-9-7-2)21-14-15-25(29-5)23(20-21)22-12-10-11-13-24(22)26-16-19-27(3)4/h10,12-15,20,26H,6-9,11,16-19H2,1-5H3. The highest BCUT2D eigenvalue weighted by Gasteiger charge is 2.17. The van der Waals surface area contributed by atoms with E-state index in [0.717, 1.165) is 38.3 Å². The van der Waals surface area contributed by atoms with Gasteiger partial charge in [-0.05, 0) is 51.6 Å². The number of likely N-dealkylation sites (N-methyl/N-ethyl adjacent to an activating group) is 1. The van der Waals surface area contributed by atoms with Gasteiger partial charge in [0.15, 0.2) is 0 Å². The number of allylic oxidation sites excluding steroid dienone is 4. The van der Waals surface area contributed by atoms with Crippen molar-refractivity contribution in [2.75, 3.05) is 52.3 Å². The highest BCUT2D eigenvalue weighted by molar-refractivity contribution is 5.83. The molecule has 0 unspecified atom stereocenters. The lowest BCUT2D eigenvalue weighted by atomic mass is 9.95. The molecule has 4 nitrogen and oxygen atoms in total. The van der Waals surface area contributed by atoms with Crippen molar-refractivity contribution in [1.82, 2.24) is 10.2 Å². The Morgan fingerprint density at radius 1 is 1.03 bits per heavy atom. The fraction of sp³-hybridized carbons (Fsp3) is 0.560. The molecule has 0 aromatic heterocycles. The Kier molecular flexibility index (Phi) is 10.1. The van der Waals surface area contributed by atoms with Crippen LogP contribution >= 0.6 is 0 Å². The minimum Gasteiger partial charge on any atom is -0.496 e. The van der Waals surface area contributed by atoms with Gasteiger partial charge >= 0.3 is 0 Å². The lowest BCUT2D eigenvalue weighted by Crippen LogP contribution is -2.27. The minimum absolute atomic E-state index is 0.928. The smallest absolute Gasteiger partial charge is 0.126 e. The summed E-state index contributed by atoms with van der Waals surface area (Å²) in [5.74, 6) is 0.932. The lowest BCUT2D eigenvalue weighted by Gasteiger charge is -2.27. The summed E-state index contributed by atoms with van der Waals surface area (Å²) in [5, 5.41) is 3.63. The molecule has 0 saturated carbocycles. The number of benzene rings is 1. The van der Waals surface area contributed by atoms with Crippen LogP contribution in [0.15, 0.2) is 36.0 Å². The predicted octanol–water partition coefficient (Wildman–Crippen LogP) is 5.13. The summed E-state index contributed by atoms with van der Waals surface area (Å²) >= 11 is 0. The SMILES string of the molecule is CCCCN(CCCC)c1ccc(OC)c(C2=C(NCCN(C)C)[CH]CC=C2)c1. The van der Waals surface area contributed by atoms with Crippen LogP contribution in [0, 0.1) is 6.42 Å². The van der Waals surface area contributed by atoms with Crippen molar-refractivity contribution in [2.24, 2.45) is 0 Å². The van der Waals surface area contributed by atoms with Crippen LogP contribution in [-0.2, 0) is 0 Å². The van der Waals surface area contributed by atoms with Crippen molar-refractivity contribution in [2.45, 2.75) is 46.0 Å². The van der Waals surface area contributed by atoms with Gasteiger partial charge in [0.25, 0.3) is 0 Å². The third-order valence-electron chi connectivity index (χ3n) is 5.31. The molecule has 0 fully saturated rings. The van der Waals surface area contributed by atoms with Crippen LogP contribution in [-0.4, -0.2) is 52.3 Å². The molecule has 0 saturated heterocycles. The summed E-state index contributed by atoms with van der Waals surface area (Å²) in [6.45, 7) is 8.67. The quantitative estimate of drug-likeness (QED) is 0.499. The molecule has 1 aliphatic carbocycles. The van der Waals surface area contributed by atoms with E-state index in [4.69, 9.17) is 4.74 Å². The van der Waals surface area contributed by atoms with Gasteiger partial charge in [-0.15, -0.1) is 0 Å². The largest absolute Gasteiger partial charge is 0.496 e. The third-order valence-corrected chi connectivity index (χ3v) is 5.31. The third kappa shape index (κ3) is 7.11. The van der Waals surface area contributed by atoms with E-state index in [0.29, 0.717) is 0 Å². The first-order valence-corrected chi connectivity index (χ1v) is 11.2. The number of ether oxygens (including phenoxy) is 1. The average Bonchev–Trinajstić information content (AvgIpc) is 2.73. The van der Waals surface area contributed by atoms with Crippen LogP contribution in [0.1, 0.15) is 51.5 Å². The number of methoxy groups -OCH3 is 1. The second-order valence-electron chi connectivity index (χ2n) is 7.98. The van der Waals surface area contributed by atoms with E-state index in [1.165, 1.54) is 48.2 Å². The first kappa shape index (κ1) is 23.3. The van der Waals surface area contributed by atoms with Crippen molar-refractivity contribution in [3.05, 3.63) is 48.0 Å². The Morgan fingerprint density at radius 3 is 2.38 bits per heavy atom. The van der Waals surface area contributed by atoms with E-state index in [9.17, 15) is 0 Å². The van der Waals surface area contributed by atoms with Crippen molar-refractivity contribution in [3.63, 3.8) is 0 Å². The molecule has 161 valence electrons.